The van der Waals surface area contributed by atoms with Crippen LogP contribution in [0.25, 0.3) is 22.3 Å². The van der Waals surface area contributed by atoms with Crippen molar-refractivity contribution in [1.29, 1.82) is 0 Å². The molecule has 3 aliphatic rings. The van der Waals surface area contributed by atoms with Crippen LogP contribution in [0, 0.1) is 0 Å². The van der Waals surface area contributed by atoms with Crippen LogP contribution in [0.2, 0.25) is 0 Å². The molecule has 1 amide bonds. The van der Waals surface area contributed by atoms with E-state index in [2.05, 4.69) is 5.32 Å². The van der Waals surface area contributed by atoms with E-state index in [9.17, 15) is 19.5 Å². The first-order valence-electron chi connectivity index (χ1n) is 12.3. The third kappa shape index (κ3) is 3.31. The van der Waals surface area contributed by atoms with E-state index in [4.69, 9.17) is 9.72 Å². The molecule has 8 nitrogen and oxygen atoms in total. The number of ether oxygens (including phenoxy) is 1. The Morgan fingerprint density at radius 2 is 1.97 bits per heavy atom. The van der Waals surface area contributed by atoms with E-state index < -0.39 is 29.1 Å². The van der Waals surface area contributed by atoms with Gasteiger partial charge in [0.15, 0.2) is 5.60 Å². The molecule has 0 saturated heterocycles. The molecular formula is C27H27N3O5. The zero-order valence-electron chi connectivity index (χ0n) is 19.5. The molecule has 6 rings (SSSR count). The zero-order valence-corrected chi connectivity index (χ0v) is 19.5. The van der Waals surface area contributed by atoms with Gasteiger partial charge in [-0.15, -0.1) is 0 Å². The molecule has 2 aromatic heterocycles. The van der Waals surface area contributed by atoms with Gasteiger partial charge in [0, 0.05) is 22.6 Å². The van der Waals surface area contributed by atoms with Crippen molar-refractivity contribution in [3.05, 3.63) is 63.4 Å². The molecule has 4 heterocycles. The number of nitrogens with zero attached hydrogens (tertiary/aromatic N) is 2. The number of nitrogens with one attached hydrogen (secondary N) is 1. The third-order valence-electron chi connectivity index (χ3n) is 7.68. The second-order valence-corrected chi connectivity index (χ2v) is 9.78. The van der Waals surface area contributed by atoms with Gasteiger partial charge < -0.3 is 19.7 Å². The van der Waals surface area contributed by atoms with Crippen molar-refractivity contribution in [2.24, 2.45) is 0 Å². The fraction of sp³-hybridized carbons (Fsp3) is 0.407. The zero-order chi connectivity index (χ0) is 24.3. The highest BCUT2D eigenvalue weighted by atomic mass is 16.6. The standard InChI is InChI=1S/C27H27N3O5/c1-2-27(34)18-13-20-22-16(12-15-8-6-7-11-19(15)29-22)14-30(20)25(32)21(18)23(35-26(27)33)24(31)28-17-9-4-3-5-10-17/h6-8,11-13,17,23,34H,2-5,9-10,14H2,1H3,(H,28,31)/t23?,27-/m0/s1. The van der Waals surface area contributed by atoms with Gasteiger partial charge in [0.25, 0.3) is 11.5 Å². The van der Waals surface area contributed by atoms with Gasteiger partial charge in [-0.05, 0) is 37.5 Å². The summed E-state index contributed by atoms with van der Waals surface area (Å²) in [6.07, 6.45) is 3.51. The Labute approximate surface area is 201 Å². The van der Waals surface area contributed by atoms with Gasteiger partial charge in [0.1, 0.15) is 0 Å². The summed E-state index contributed by atoms with van der Waals surface area (Å²) < 4.78 is 7.03. The van der Waals surface area contributed by atoms with Gasteiger partial charge in [-0.2, -0.15) is 0 Å². The molecule has 3 aromatic rings. The van der Waals surface area contributed by atoms with Crippen molar-refractivity contribution in [2.75, 3.05) is 0 Å². The van der Waals surface area contributed by atoms with Gasteiger partial charge >= 0.3 is 5.97 Å². The Morgan fingerprint density at radius 1 is 1.20 bits per heavy atom. The number of carbonyl (C=O) groups excluding carboxylic acids is 2. The number of aromatic nitrogens is 2. The number of fused-ring (bicyclic) bond motifs is 5. The van der Waals surface area contributed by atoms with E-state index in [1.165, 1.54) is 0 Å². The summed E-state index contributed by atoms with van der Waals surface area (Å²) in [5.41, 5.74) is 0.556. The lowest BCUT2D eigenvalue weighted by Crippen LogP contribution is -2.50. The lowest BCUT2D eigenvalue weighted by Gasteiger charge is -2.36. The smallest absolute Gasteiger partial charge is 0.343 e. The highest BCUT2D eigenvalue weighted by Gasteiger charge is 2.51. The predicted octanol–water partition coefficient (Wildman–Crippen LogP) is 3.07. The molecule has 1 saturated carbocycles. The summed E-state index contributed by atoms with van der Waals surface area (Å²) >= 11 is 0. The SMILES string of the molecule is CC[C@@]1(O)C(=O)OC(C(=O)NC2CCCCC2)c2c1cc1n(c2=O)Cc2cc3ccccc3nc2-1. The average molecular weight is 474 g/mol. The van der Waals surface area contributed by atoms with E-state index in [0.29, 0.717) is 17.9 Å². The molecule has 0 radical (unpaired) electrons. The van der Waals surface area contributed by atoms with Crippen molar-refractivity contribution < 1.29 is 19.4 Å². The fourth-order valence-corrected chi connectivity index (χ4v) is 5.70. The molecular weight excluding hydrogens is 446 g/mol. The van der Waals surface area contributed by atoms with Crippen LogP contribution in [0.4, 0.5) is 0 Å². The van der Waals surface area contributed by atoms with Crippen molar-refractivity contribution in [2.45, 2.75) is 69.7 Å². The monoisotopic (exact) mass is 473 g/mol. The molecule has 2 aliphatic heterocycles. The maximum absolute atomic E-state index is 13.8. The molecule has 180 valence electrons. The van der Waals surface area contributed by atoms with Gasteiger partial charge in [-0.1, -0.05) is 44.4 Å². The van der Waals surface area contributed by atoms with E-state index in [1.54, 1.807) is 17.6 Å². The summed E-state index contributed by atoms with van der Waals surface area (Å²) in [5, 5.41) is 15.3. The van der Waals surface area contributed by atoms with Crippen LogP contribution in [-0.2, 0) is 26.5 Å². The molecule has 1 aliphatic carbocycles. The highest BCUT2D eigenvalue weighted by Crippen LogP contribution is 2.42. The molecule has 1 aromatic carbocycles. The number of pyridine rings is 2. The second-order valence-electron chi connectivity index (χ2n) is 9.78. The third-order valence-corrected chi connectivity index (χ3v) is 7.68. The first-order valence-corrected chi connectivity index (χ1v) is 12.3. The molecule has 1 fully saturated rings. The summed E-state index contributed by atoms with van der Waals surface area (Å²) in [5.74, 6) is -1.42. The lowest BCUT2D eigenvalue weighted by molar-refractivity contribution is -0.181. The van der Waals surface area contributed by atoms with Crippen molar-refractivity contribution in [3.63, 3.8) is 0 Å². The number of amides is 1. The Morgan fingerprint density at radius 3 is 2.74 bits per heavy atom. The molecule has 0 spiro atoms. The van der Waals surface area contributed by atoms with E-state index in [0.717, 1.165) is 48.6 Å². The topological polar surface area (TPSA) is 111 Å². The number of hydrogen-bond acceptors (Lipinski definition) is 6. The van der Waals surface area contributed by atoms with Gasteiger partial charge in [-0.3, -0.25) is 9.59 Å². The van der Waals surface area contributed by atoms with Crippen LogP contribution in [0.3, 0.4) is 0 Å². The van der Waals surface area contributed by atoms with Crippen molar-refractivity contribution >= 4 is 22.8 Å². The first-order chi connectivity index (χ1) is 16.9. The van der Waals surface area contributed by atoms with Gasteiger partial charge in [0.2, 0.25) is 6.10 Å². The van der Waals surface area contributed by atoms with Crippen LogP contribution in [0.5, 0.6) is 0 Å². The minimum atomic E-state index is -2.01. The number of carbonyl (C=O) groups is 2. The molecule has 2 N–H and O–H groups in total. The van der Waals surface area contributed by atoms with Crippen LogP contribution < -0.4 is 10.9 Å². The summed E-state index contributed by atoms with van der Waals surface area (Å²) in [7, 11) is 0. The van der Waals surface area contributed by atoms with Gasteiger partial charge in [0.05, 0.1) is 29.0 Å². The maximum Gasteiger partial charge on any atom is 0.343 e. The summed E-state index contributed by atoms with van der Waals surface area (Å²) in [6.45, 7) is 1.95. The fourth-order valence-electron chi connectivity index (χ4n) is 5.70. The summed E-state index contributed by atoms with van der Waals surface area (Å²) in [4.78, 5) is 44.9. The van der Waals surface area contributed by atoms with Gasteiger partial charge in [-0.25, -0.2) is 9.78 Å². The number of cyclic esters (lactones) is 1. The largest absolute Gasteiger partial charge is 0.445 e. The average Bonchev–Trinajstić information content (AvgIpc) is 3.23. The van der Waals surface area contributed by atoms with E-state index >= 15 is 0 Å². The molecule has 0 bridgehead atoms. The Bertz CT molecular complexity index is 1440. The van der Waals surface area contributed by atoms with E-state index in [-0.39, 0.29) is 23.6 Å². The molecule has 1 unspecified atom stereocenters. The lowest BCUT2D eigenvalue weighted by atomic mass is 9.83. The normalized spacial score (nSPS) is 23.4. The Kier molecular flexibility index (Phi) is 5.03. The van der Waals surface area contributed by atoms with Crippen molar-refractivity contribution in [3.8, 4) is 11.4 Å². The van der Waals surface area contributed by atoms with E-state index in [1.807, 2.05) is 30.3 Å². The number of rotatable bonds is 3. The molecule has 35 heavy (non-hydrogen) atoms. The van der Waals surface area contributed by atoms with Crippen LogP contribution >= 0.6 is 0 Å². The number of benzene rings is 1. The van der Waals surface area contributed by atoms with Crippen molar-refractivity contribution in [1.82, 2.24) is 14.9 Å². The van der Waals surface area contributed by atoms with Crippen LogP contribution in [0.15, 0.2) is 41.2 Å². The highest BCUT2D eigenvalue weighted by molar-refractivity contribution is 5.92. The quantitative estimate of drug-likeness (QED) is 0.443. The summed E-state index contributed by atoms with van der Waals surface area (Å²) in [6, 6.07) is 11.3. The van der Waals surface area contributed by atoms with Crippen LogP contribution in [-0.4, -0.2) is 32.6 Å². The number of esters is 1. The predicted molar refractivity (Wildman–Crippen MR) is 129 cm³/mol. The second kappa shape index (κ2) is 8.02. The number of para-hydroxylation sites is 1. The minimum absolute atomic E-state index is 0.0106. The number of hydrogen-bond donors (Lipinski definition) is 2. The molecule has 8 heteroatoms. The molecule has 2 atom stereocenters. The minimum Gasteiger partial charge on any atom is -0.445 e. The Hall–Kier alpha value is -3.52. The first kappa shape index (κ1) is 22.0. The number of aliphatic hydroxyl groups is 1. The van der Waals surface area contributed by atoms with Crippen LogP contribution in [0.1, 0.15) is 68.2 Å². The Balaban J connectivity index is 1.50. The maximum atomic E-state index is 13.8.